The van der Waals surface area contributed by atoms with Crippen molar-refractivity contribution in [3.63, 3.8) is 0 Å². The van der Waals surface area contributed by atoms with Gasteiger partial charge in [-0.05, 0) is 19.3 Å². The van der Waals surface area contributed by atoms with Gasteiger partial charge in [-0.25, -0.2) is 0 Å². The Balaban J connectivity index is 1.88. The van der Waals surface area contributed by atoms with Gasteiger partial charge in [-0.1, -0.05) is 0 Å². The minimum atomic E-state index is -0.0992. The van der Waals surface area contributed by atoms with Crippen molar-refractivity contribution >= 4 is 5.97 Å². The summed E-state index contributed by atoms with van der Waals surface area (Å²) in [6.45, 7) is 0. The number of methoxy groups -OCH3 is 1. The summed E-state index contributed by atoms with van der Waals surface area (Å²) >= 11 is 0. The Labute approximate surface area is 76.7 Å². The summed E-state index contributed by atoms with van der Waals surface area (Å²) in [7, 11) is 1.45. The zero-order valence-electron chi connectivity index (χ0n) is 7.60. The largest absolute Gasteiger partial charge is 0.469 e. The van der Waals surface area contributed by atoms with E-state index in [9.17, 15) is 4.79 Å². The van der Waals surface area contributed by atoms with E-state index in [-0.39, 0.29) is 18.0 Å². The van der Waals surface area contributed by atoms with E-state index in [1.54, 1.807) is 0 Å². The predicted molar refractivity (Wildman–Crippen MR) is 43.6 cm³/mol. The Hall–Kier alpha value is -0.610. The van der Waals surface area contributed by atoms with Gasteiger partial charge in [0.2, 0.25) is 0 Å². The average Bonchev–Trinajstić information content (AvgIpc) is 2.71. The number of hydrogen-bond acceptors (Lipinski definition) is 4. The van der Waals surface area contributed by atoms with Gasteiger partial charge in [-0.2, -0.15) is 5.06 Å². The molecule has 3 fully saturated rings. The van der Waals surface area contributed by atoms with Crippen LogP contribution >= 0.6 is 0 Å². The number of hydroxylamine groups is 2. The van der Waals surface area contributed by atoms with E-state index in [1.165, 1.54) is 13.5 Å². The lowest BCUT2D eigenvalue weighted by Crippen LogP contribution is -2.40. The number of piperidine rings is 1. The highest BCUT2D eigenvalue weighted by Crippen LogP contribution is 2.48. The second-order valence-electron chi connectivity index (χ2n) is 4.09. The minimum Gasteiger partial charge on any atom is -0.469 e. The molecule has 0 aliphatic carbocycles. The zero-order valence-corrected chi connectivity index (χ0v) is 7.60. The lowest BCUT2D eigenvalue weighted by atomic mass is 9.91. The summed E-state index contributed by atoms with van der Waals surface area (Å²) in [5.41, 5.74) is 0. The fourth-order valence-corrected chi connectivity index (χ4v) is 2.98. The van der Waals surface area contributed by atoms with Gasteiger partial charge in [0, 0.05) is 6.04 Å². The van der Waals surface area contributed by atoms with Gasteiger partial charge in [-0.15, -0.1) is 0 Å². The minimum absolute atomic E-state index is 0.0243. The lowest BCUT2D eigenvalue weighted by molar-refractivity contribution is -0.147. The molecule has 0 N–H and O–H groups in total. The summed E-state index contributed by atoms with van der Waals surface area (Å²) in [6.07, 6.45) is 3.37. The smallest absolute Gasteiger partial charge is 0.313 e. The van der Waals surface area contributed by atoms with Gasteiger partial charge >= 0.3 is 5.97 Å². The number of esters is 1. The molecule has 4 heteroatoms. The van der Waals surface area contributed by atoms with Crippen LogP contribution in [0.5, 0.6) is 0 Å². The number of hydrogen-bond donors (Lipinski definition) is 0. The van der Waals surface area contributed by atoms with Gasteiger partial charge < -0.3 is 4.74 Å². The molecule has 0 aromatic carbocycles. The van der Waals surface area contributed by atoms with E-state index in [1.807, 2.05) is 5.06 Å². The van der Waals surface area contributed by atoms with Crippen molar-refractivity contribution in [2.45, 2.75) is 37.5 Å². The van der Waals surface area contributed by atoms with Crippen molar-refractivity contribution in [3.05, 3.63) is 0 Å². The molecule has 3 aliphatic heterocycles. The monoisotopic (exact) mass is 183 g/mol. The second-order valence-corrected chi connectivity index (χ2v) is 4.09. The van der Waals surface area contributed by atoms with Gasteiger partial charge in [0.05, 0.1) is 19.3 Å². The molecular weight excluding hydrogens is 170 g/mol. The van der Waals surface area contributed by atoms with Crippen molar-refractivity contribution in [1.82, 2.24) is 5.06 Å². The molecule has 0 saturated carbocycles. The van der Waals surface area contributed by atoms with Crippen LogP contribution in [0.1, 0.15) is 19.3 Å². The predicted octanol–water partition coefficient (Wildman–Crippen LogP) is 0.326. The van der Waals surface area contributed by atoms with E-state index >= 15 is 0 Å². The highest BCUT2D eigenvalue weighted by molar-refractivity contribution is 5.74. The summed E-state index contributed by atoms with van der Waals surface area (Å²) in [5, 5.41) is 2.03. The van der Waals surface area contributed by atoms with Crippen LogP contribution < -0.4 is 0 Å². The first-order valence-electron chi connectivity index (χ1n) is 4.84. The third-order valence-corrected chi connectivity index (χ3v) is 3.53. The Morgan fingerprint density at radius 3 is 3.15 bits per heavy atom. The molecule has 0 aromatic rings. The van der Waals surface area contributed by atoms with E-state index in [4.69, 9.17) is 9.57 Å². The molecule has 4 atom stereocenters. The molecule has 0 amide bonds. The topological polar surface area (TPSA) is 38.8 Å². The standard InChI is InChI=1S/C9H13NO3/c1-12-9(11)8-6-3-2-5-4-7(8)13-10(5)6/h5-8H,2-4H2,1H3/t5-,6+,7-,8+/m1/s1. The van der Waals surface area contributed by atoms with E-state index < -0.39 is 0 Å². The molecule has 0 radical (unpaired) electrons. The number of rotatable bonds is 1. The molecule has 0 unspecified atom stereocenters. The summed E-state index contributed by atoms with van der Waals surface area (Å²) in [6, 6.07) is 0.882. The summed E-state index contributed by atoms with van der Waals surface area (Å²) in [4.78, 5) is 17.1. The van der Waals surface area contributed by atoms with Crippen LogP contribution in [0.2, 0.25) is 0 Å². The Morgan fingerprint density at radius 2 is 2.38 bits per heavy atom. The van der Waals surface area contributed by atoms with Gasteiger partial charge in [0.25, 0.3) is 0 Å². The Kier molecular flexibility index (Phi) is 1.46. The van der Waals surface area contributed by atoms with Crippen LogP contribution in [-0.2, 0) is 14.4 Å². The normalized spacial score (nSPS) is 47.2. The van der Waals surface area contributed by atoms with Crippen molar-refractivity contribution in [3.8, 4) is 0 Å². The lowest BCUT2D eigenvalue weighted by Gasteiger charge is -2.23. The van der Waals surface area contributed by atoms with Crippen LogP contribution in [-0.4, -0.2) is 36.3 Å². The third kappa shape index (κ3) is 0.849. The molecule has 0 aromatic heterocycles. The molecule has 72 valence electrons. The molecule has 3 aliphatic rings. The maximum atomic E-state index is 11.5. The molecule has 3 rings (SSSR count). The van der Waals surface area contributed by atoms with Crippen LogP contribution in [0.4, 0.5) is 0 Å². The van der Waals surface area contributed by atoms with Crippen molar-refractivity contribution in [2.24, 2.45) is 5.92 Å². The zero-order chi connectivity index (χ0) is 9.00. The molecule has 0 spiro atoms. The molecule has 3 heterocycles. The van der Waals surface area contributed by atoms with Crippen LogP contribution in [0.3, 0.4) is 0 Å². The van der Waals surface area contributed by atoms with E-state index in [0.717, 1.165) is 12.8 Å². The number of fused-ring (bicyclic) bond motifs is 1. The van der Waals surface area contributed by atoms with Crippen LogP contribution in [0, 0.1) is 5.92 Å². The maximum Gasteiger partial charge on any atom is 0.313 e. The molecule has 4 nitrogen and oxygen atoms in total. The number of nitrogens with zero attached hydrogens (tertiary/aromatic N) is 1. The van der Waals surface area contributed by atoms with E-state index in [0.29, 0.717) is 12.1 Å². The average molecular weight is 183 g/mol. The first-order chi connectivity index (χ1) is 6.31. The molecular formula is C9H13NO3. The maximum absolute atomic E-state index is 11.5. The number of carbonyl (C=O) groups excluding carboxylic acids is 1. The van der Waals surface area contributed by atoms with Gasteiger partial charge in [0.15, 0.2) is 0 Å². The first-order valence-corrected chi connectivity index (χ1v) is 4.84. The van der Waals surface area contributed by atoms with Gasteiger partial charge in [0.1, 0.15) is 5.92 Å². The van der Waals surface area contributed by atoms with Gasteiger partial charge in [-0.3, -0.25) is 9.63 Å². The highest BCUT2D eigenvalue weighted by Gasteiger charge is 2.59. The molecule has 3 saturated heterocycles. The van der Waals surface area contributed by atoms with Crippen molar-refractivity contribution in [2.75, 3.05) is 7.11 Å². The molecule has 2 bridgehead atoms. The highest BCUT2D eigenvalue weighted by atomic mass is 16.7. The fraction of sp³-hybridized carbons (Fsp3) is 0.889. The Morgan fingerprint density at radius 1 is 1.54 bits per heavy atom. The van der Waals surface area contributed by atoms with Crippen LogP contribution in [0.25, 0.3) is 0 Å². The second kappa shape index (κ2) is 2.45. The third-order valence-electron chi connectivity index (χ3n) is 3.53. The fourth-order valence-electron chi connectivity index (χ4n) is 2.98. The van der Waals surface area contributed by atoms with E-state index in [2.05, 4.69) is 0 Å². The van der Waals surface area contributed by atoms with Crippen molar-refractivity contribution in [1.29, 1.82) is 0 Å². The summed E-state index contributed by atoms with van der Waals surface area (Å²) in [5.74, 6) is -0.124. The SMILES string of the molecule is COC(=O)[C@@H]1[C@H]2C[C@H]3CC[C@@H]1N3O2. The number of ether oxygens (including phenoxy) is 1. The first kappa shape index (κ1) is 7.76. The number of carbonyl (C=O) groups is 1. The molecule has 13 heavy (non-hydrogen) atoms. The Bertz CT molecular complexity index is 253. The quantitative estimate of drug-likeness (QED) is 0.549. The summed E-state index contributed by atoms with van der Waals surface area (Å²) < 4.78 is 4.79. The van der Waals surface area contributed by atoms with Crippen molar-refractivity contribution < 1.29 is 14.4 Å². The van der Waals surface area contributed by atoms with Crippen LogP contribution in [0.15, 0.2) is 0 Å².